The van der Waals surface area contributed by atoms with Crippen molar-refractivity contribution < 1.29 is 0 Å². The van der Waals surface area contributed by atoms with Crippen LogP contribution in [0.1, 0.15) is 12.6 Å². The summed E-state index contributed by atoms with van der Waals surface area (Å²) < 4.78 is 0.795. The fraction of sp³-hybridized carbons (Fsp3) is 0.200. The second-order valence-electron chi connectivity index (χ2n) is 2.59. The second-order valence-corrected chi connectivity index (χ2v) is 4.14. The van der Waals surface area contributed by atoms with E-state index in [1.54, 1.807) is 13.3 Å². The van der Waals surface area contributed by atoms with Gasteiger partial charge in [-0.1, -0.05) is 12.2 Å². The molecular formula is C10H12N2S2. The highest BCUT2D eigenvalue weighted by molar-refractivity contribution is 7.73. The number of thiazole rings is 1. The smallest absolute Gasteiger partial charge is 0.158 e. The number of aromatic amines is 1. The first kappa shape index (κ1) is 11.1. The summed E-state index contributed by atoms with van der Waals surface area (Å²) in [5, 5.41) is 2.01. The van der Waals surface area contributed by atoms with E-state index in [9.17, 15) is 0 Å². The van der Waals surface area contributed by atoms with Crippen LogP contribution < -0.4 is 0 Å². The molecule has 0 spiro atoms. The molecule has 1 aromatic heterocycles. The minimum atomic E-state index is 0.795. The Labute approximate surface area is 92.7 Å². The SMILES string of the molecule is C/C=C\C(=C/C=NC)c1csc(=S)[nH]1. The number of H-pyrrole nitrogens is 1. The van der Waals surface area contributed by atoms with E-state index in [1.807, 2.05) is 30.5 Å². The van der Waals surface area contributed by atoms with Crippen LogP contribution in [-0.2, 0) is 0 Å². The molecule has 1 aromatic rings. The van der Waals surface area contributed by atoms with Crippen LogP contribution in [0.15, 0.2) is 28.6 Å². The highest BCUT2D eigenvalue weighted by Gasteiger charge is 1.97. The summed E-state index contributed by atoms with van der Waals surface area (Å²) in [6, 6.07) is 0. The number of aromatic nitrogens is 1. The van der Waals surface area contributed by atoms with E-state index in [2.05, 4.69) is 9.98 Å². The molecule has 0 aliphatic heterocycles. The van der Waals surface area contributed by atoms with E-state index in [4.69, 9.17) is 12.2 Å². The van der Waals surface area contributed by atoms with Crippen LogP contribution >= 0.6 is 23.6 Å². The molecule has 0 saturated carbocycles. The number of allylic oxidation sites excluding steroid dienone is 4. The van der Waals surface area contributed by atoms with Crippen molar-refractivity contribution in [2.45, 2.75) is 6.92 Å². The molecule has 0 fully saturated rings. The van der Waals surface area contributed by atoms with E-state index in [0.717, 1.165) is 15.2 Å². The molecule has 0 saturated heterocycles. The Hall–Kier alpha value is -1.00. The van der Waals surface area contributed by atoms with Crippen molar-refractivity contribution >= 4 is 35.3 Å². The Morgan fingerprint density at radius 1 is 1.64 bits per heavy atom. The van der Waals surface area contributed by atoms with Gasteiger partial charge in [0.05, 0.1) is 5.69 Å². The van der Waals surface area contributed by atoms with Gasteiger partial charge < -0.3 is 4.98 Å². The zero-order valence-electron chi connectivity index (χ0n) is 8.15. The largest absolute Gasteiger partial charge is 0.337 e. The highest BCUT2D eigenvalue weighted by Crippen LogP contribution is 2.16. The monoisotopic (exact) mass is 224 g/mol. The molecular weight excluding hydrogens is 212 g/mol. The molecule has 0 bridgehead atoms. The molecule has 0 radical (unpaired) electrons. The zero-order chi connectivity index (χ0) is 10.4. The second kappa shape index (κ2) is 5.67. The van der Waals surface area contributed by atoms with Crippen molar-refractivity contribution in [2.75, 3.05) is 7.05 Å². The summed E-state index contributed by atoms with van der Waals surface area (Å²) in [4.78, 5) is 7.04. The quantitative estimate of drug-likeness (QED) is 0.475. The summed E-state index contributed by atoms with van der Waals surface area (Å²) in [6.07, 6.45) is 7.73. The molecule has 0 aromatic carbocycles. The fourth-order valence-electron chi connectivity index (χ4n) is 0.991. The molecule has 0 amide bonds. The number of hydrogen-bond donors (Lipinski definition) is 1. The summed E-state index contributed by atoms with van der Waals surface area (Å²) in [6.45, 7) is 1.98. The van der Waals surface area contributed by atoms with Crippen LogP contribution in [0.3, 0.4) is 0 Å². The standard InChI is InChI=1S/C10H12N2S2/c1-3-4-8(5-6-11-2)9-7-14-10(13)12-9/h3-7H,1-2H3,(H,12,13)/b4-3-,8-5+,11-6?. The van der Waals surface area contributed by atoms with Gasteiger partial charge in [0, 0.05) is 18.6 Å². The molecule has 0 atom stereocenters. The van der Waals surface area contributed by atoms with Crippen LogP contribution in [0.5, 0.6) is 0 Å². The molecule has 74 valence electrons. The molecule has 0 aliphatic carbocycles. The van der Waals surface area contributed by atoms with Gasteiger partial charge in [-0.15, -0.1) is 11.3 Å². The molecule has 0 unspecified atom stereocenters. The van der Waals surface area contributed by atoms with Gasteiger partial charge in [0.25, 0.3) is 0 Å². The van der Waals surface area contributed by atoms with Crippen molar-refractivity contribution in [1.82, 2.24) is 4.98 Å². The Morgan fingerprint density at radius 2 is 2.43 bits per heavy atom. The number of nitrogens with one attached hydrogen (secondary N) is 1. The van der Waals surface area contributed by atoms with Gasteiger partial charge in [-0.2, -0.15) is 0 Å². The third kappa shape index (κ3) is 3.05. The van der Waals surface area contributed by atoms with E-state index in [-0.39, 0.29) is 0 Å². The lowest BCUT2D eigenvalue weighted by molar-refractivity contribution is 1.34. The Morgan fingerprint density at radius 3 is 2.93 bits per heavy atom. The first-order valence-electron chi connectivity index (χ1n) is 4.21. The number of hydrogen-bond acceptors (Lipinski definition) is 3. The van der Waals surface area contributed by atoms with Gasteiger partial charge in [-0.3, -0.25) is 4.99 Å². The van der Waals surface area contributed by atoms with Gasteiger partial charge in [0.1, 0.15) is 0 Å². The van der Waals surface area contributed by atoms with Crippen molar-refractivity contribution in [3.63, 3.8) is 0 Å². The van der Waals surface area contributed by atoms with Crippen LogP contribution in [0.25, 0.3) is 5.57 Å². The third-order valence-corrected chi connectivity index (χ3v) is 2.64. The Kier molecular flexibility index (Phi) is 4.49. The van der Waals surface area contributed by atoms with Crippen molar-refractivity contribution in [3.05, 3.63) is 33.3 Å². The molecule has 2 nitrogen and oxygen atoms in total. The van der Waals surface area contributed by atoms with Crippen LogP contribution in [0.4, 0.5) is 0 Å². The van der Waals surface area contributed by atoms with E-state index in [1.165, 1.54) is 11.3 Å². The van der Waals surface area contributed by atoms with Crippen LogP contribution in [0, 0.1) is 3.95 Å². The van der Waals surface area contributed by atoms with Crippen LogP contribution in [-0.4, -0.2) is 18.2 Å². The normalized spacial score (nSPS) is 13.1. The average Bonchev–Trinajstić information content (AvgIpc) is 2.59. The number of rotatable bonds is 3. The first-order valence-corrected chi connectivity index (χ1v) is 5.50. The van der Waals surface area contributed by atoms with Crippen molar-refractivity contribution in [3.8, 4) is 0 Å². The Bertz CT molecular complexity index is 421. The lowest BCUT2D eigenvalue weighted by atomic mass is 10.2. The predicted octanol–water partition coefficient (Wildman–Crippen LogP) is 3.47. The molecule has 1 heterocycles. The number of nitrogens with zero attached hydrogens (tertiary/aromatic N) is 1. The lowest BCUT2D eigenvalue weighted by Gasteiger charge is -1.95. The molecule has 1 N–H and O–H groups in total. The van der Waals surface area contributed by atoms with Gasteiger partial charge in [-0.05, 0) is 30.8 Å². The zero-order valence-corrected chi connectivity index (χ0v) is 9.78. The summed E-state index contributed by atoms with van der Waals surface area (Å²) in [5.41, 5.74) is 2.13. The maximum absolute atomic E-state index is 5.03. The fourth-order valence-corrected chi connectivity index (χ4v) is 1.83. The number of aliphatic imine (C=N–C) groups is 1. The maximum Gasteiger partial charge on any atom is 0.158 e. The molecule has 4 heteroatoms. The molecule has 14 heavy (non-hydrogen) atoms. The molecule has 1 rings (SSSR count). The van der Waals surface area contributed by atoms with Crippen molar-refractivity contribution in [1.29, 1.82) is 0 Å². The average molecular weight is 224 g/mol. The van der Waals surface area contributed by atoms with Gasteiger partial charge in [-0.25, -0.2) is 0 Å². The molecule has 0 aliphatic rings. The van der Waals surface area contributed by atoms with Gasteiger partial charge in [0.2, 0.25) is 0 Å². The van der Waals surface area contributed by atoms with Crippen LogP contribution in [0.2, 0.25) is 0 Å². The van der Waals surface area contributed by atoms with Gasteiger partial charge >= 0.3 is 0 Å². The first-order chi connectivity index (χ1) is 6.77. The van der Waals surface area contributed by atoms with E-state index >= 15 is 0 Å². The van der Waals surface area contributed by atoms with Gasteiger partial charge in [0.15, 0.2) is 3.95 Å². The van der Waals surface area contributed by atoms with E-state index < -0.39 is 0 Å². The topological polar surface area (TPSA) is 28.1 Å². The minimum absolute atomic E-state index is 0.795. The Balaban J connectivity index is 3.05. The maximum atomic E-state index is 5.03. The highest BCUT2D eigenvalue weighted by atomic mass is 32.1. The summed E-state index contributed by atoms with van der Waals surface area (Å²) >= 11 is 6.56. The van der Waals surface area contributed by atoms with E-state index in [0.29, 0.717) is 0 Å². The lowest BCUT2D eigenvalue weighted by Crippen LogP contribution is -1.81. The van der Waals surface area contributed by atoms with Crippen molar-refractivity contribution in [2.24, 2.45) is 4.99 Å². The minimum Gasteiger partial charge on any atom is -0.337 e. The predicted molar refractivity (Wildman–Crippen MR) is 66.7 cm³/mol. The summed E-state index contributed by atoms with van der Waals surface area (Å²) in [7, 11) is 1.75. The summed E-state index contributed by atoms with van der Waals surface area (Å²) in [5.74, 6) is 0. The third-order valence-electron chi connectivity index (χ3n) is 1.58.